The van der Waals surface area contributed by atoms with E-state index in [1.165, 1.54) is 5.56 Å². The van der Waals surface area contributed by atoms with E-state index >= 15 is 0 Å². The van der Waals surface area contributed by atoms with Crippen LogP contribution in [0.2, 0.25) is 0 Å². The molecule has 1 atom stereocenters. The molecule has 1 fully saturated rings. The van der Waals surface area contributed by atoms with Gasteiger partial charge in [0.15, 0.2) is 0 Å². The topological polar surface area (TPSA) is 41.6 Å². The molecular weight excluding hydrogens is 312 g/mol. The summed E-state index contributed by atoms with van der Waals surface area (Å²) in [7, 11) is 1.72. The molecule has 2 amide bonds. The number of hydrogen-bond donors (Lipinski definition) is 1. The molecule has 0 saturated carbocycles. The Bertz CT molecular complexity index is 685. The van der Waals surface area contributed by atoms with Crippen molar-refractivity contribution >= 4 is 11.7 Å². The Kier molecular flexibility index (Phi) is 6.07. The first-order valence-corrected chi connectivity index (χ1v) is 8.93. The van der Waals surface area contributed by atoms with Gasteiger partial charge in [-0.05, 0) is 36.5 Å². The first-order valence-electron chi connectivity index (χ1n) is 8.93. The van der Waals surface area contributed by atoms with Gasteiger partial charge in [-0.15, -0.1) is 0 Å². The monoisotopic (exact) mass is 338 g/mol. The van der Waals surface area contributed by atoms with Gasteiger partial charge >= 0.3 is 6.03 Å². The highest BCUT2D eigenvalue weighted by Crippen LogP contribution is 2.21. The van der Waals surface area contributed by atoms with Crippen molar-refractivity contribution in [2.24, 2.45) is 5.92 Å². The molecule has 1 saturated heterocycles. The summed E-state index contributed by atoms with van der Waals surface area (Å²) >= 11 is 0. The first kappa shape index (κ1) is 17.5. The van der Waals surface area contributed by atoms with Crippen molar-refractivity contribution in [2.75, 3.05) is 32.1 Å². The van der Waals surface area contributed by atoms with Crippen LogP contribution in [0.15, 0.2) is 54.6 Å². The highest BCUT2D eigenvalue weighted by Gasteiger charge is 2.24. The zero-order valence-electron chi connectivity index (χ0n) is 14.8. The minimum Gasteiger partial charge on any atom is -0.384 e. The van der Waals surface area contributed by atoms with Gasteiger partial charge in [0.25, 0.3) is 0 Å². The number of methoxy groups -OCH3 is 1. The van der Waals surface area contributed by atoms with Crippen molar-refractivity contribution in [1.29, 1.82) is 0 Å². The number of nitrogens with zero attached hydrogens (tertiary/aromatic N) is 1. The van der Waals surface area contributed by atoms with Gasteiger partial charge in [0.1, 0.15) is 0 Å². The Morgan fingerprint density at radius 2 is 1.92 bits per heavy atom. The number of anilines is 1. The van der Waals surface area contributed by atoms with E-state index in [-0.39, 0.29) is 6.03 Å². The molecule has 0 spiro atoms. The standard InChI is InChI=1S/C21H26N2O2/c1-25-16-18-10-7-13-23(15-18)21(24)22-20-12-6-5-11-19(20)14-17-8-3-2-4-9-17/h2-6,8-9,11-12,18H,7,10,13-16H2,1H3,(H,22,24). The lowest BCUT2D eigenvalue weighted by Gasteiger charge is -2.32. The lowest BCUT2D eigenvalue weighted by atomic mass is 9.99. The van der Waals surface area contributed by atoms with Gasteiger partial charge in [-0.3, -0.25) is 0 Å². The van der Waals surface area contributed by atoms with Crippen LogP contribution < -0.4 is 5.32 Å². The van der Waals surface area contributed by atoms with Crippen LogP contribution in [-0.2, 0) is 11.2 Å². The number of piperidine rings is 1. The number of nitrogens with one attached hydrogen (secondary N) is 1. The predicted octanol–water partition coefficient (Wildman–Crippen LogP) is 4.17. The summed E-state index contributed by atoms with van der Waals surface area (Å²) in [6.07, 6.45) is 2.97. The van der Waals surface area contributed by atoms with E-state index in [1.54, 1.807) is 7.11 Å². The molecule has 2 aromatic rings. The molecule has 0 bridgehead atoms. The third-order valence-electron chi connectivity index (χ3n) is 4.70. The van der Waals surface area contributed by atoms with Crippen LogP contribution in [0.4, 0.5) is 10.5 Å². The Labute approximate surface area is 149 Å². The number of rotatable bonds is 5. The molecule has 2 aromatic carbocycles. The van der Waals surface area contributed by atoms with Crippen LogP contribution in [-0.4, -0.2) is 37.7 Å². The minimum absolute atomic E-state index is 0.0127. The van der Waals surface area contributed by atoms with Crippen LogP contribution >= 0.6 is 0 Å². The quantitative estimate of drug-likeness (QED) is 0.889. The maximum atomic E-state index is 12.7. The minimum atomic E-state index is -0.0127. The fourth-order valence-electron chi connectivity index (χ4n) is 3.43. The Balaban J connectivity index is 1.67. The maximum Gasteiger partial charge on any atom is 0.321 e. The summed E-state index contributed by atoms with van der Waals surface area (Å²) < 4.78 is 5.25. The summed E-state index contributed by atoms with van der Waals surface area (Å²) in [5.41, 5.74) is 3.26. The van der Waals surface area contributed by atoms with Crippen molar-refractivity contribution in [1.82, 2.24) is 4.90 Å². The van der Waals surface area contributed by atoms with Crippen LogP contribution in [0.25, 0.3) is 0 Å². The fraction of sp³-hybridized carbons (Fsp3) is 0.381. The molecule has 1 N–H and O–H groups in total. The summed E-state index contributed by atoms with van der Waals surface area (Å²) in [4.78, 5) is 14.6. The number of carbonyl (C=O) groups is 1. The number of benzene rings is 2. The second-order valence-corrected chi connectivity index (χ2v) is 6.66. The largest absolute Gasteiger partial charge is 0.384 e. The second-order valence-electron chi connectivity index (χ2n) is 6.66. The normalized spacial score (nSPS) is 17.3. The molecule has 4 heteroatoms. The molecule has 25 heavy (non-hydrogen) atoms. The van der Waals surface area contributed by atoms with Gasteiger partial charge in [-0.2, -0.15) is 0 Å². The zero-order valence-corrected chi connectivity index (χ0v) is 14.8. The number of carbonyl (C=O) groups excluding carboxylic acids is 1. The molecule has 4 nitrogen and oxygen atoms in total. The SMILES string of the molecule is COCC1CCCN(C(=O)Nc2ccccc2Cc2ccccc2)C1. The molecular formula is C21H26N2O2. The molecule has 3 rings (SSSR count). The van der Waals surface area contributed by atoms with E-state index in [2.05, 4.69) is 23.5 Å². The second kappa shape index (κ2) is 8.67. The highest BCUT2D eigenvalue weighted by atomic mass is 16.5. The van der Waals surface area contributed by atoms with Gasteiger partial charge in [0, 0.05) is 31.8 Å². The van der Waals surface area contributed by atoms with E-state index in [4.69, 9.17) is 4.74 Å². The van der Waals surface area contributed by atoms with Gasteiger partial charge in [-0.1, -0.05) is 48.5 Å². The smallest absolute Gasteiger partial charge is 0.321 e. The molecule has 1 aliphatic heterocycles. The van der Waals surface area contributed by atoms with Crippen molar-refractivity contribution in [3.63, 3.8) is 0 Å². The Morgan fingerprint density at radius 3 is 2.72 bits per heavy atom. The molecule has 0 aliphatic carbocycles. The van der Waals surface area contributed by atoms with Gasteiger partial charge in [-0.25, -0.2) is 4.79 Å². The number of likely N-dealkylation sites (tertiary alicyclic amines) is 1. The van der Waals surface area contributed by atoms with Crippen molar-refractivity contribution in [3.8, 4) is 0 Å². The average molecular weight is 338 g/mol. The third kappa shape index (κ3) is 4.83. The molecule has 132 valence electrons. The van der Waals surface area contributed by atoms with Gasteiger partial charge in [0.05, 0.1) is 6.61 Å². The number of urea groups is 1. The van der Waals surface area contributed by atoms with E-state index in [0.29, 0.717) is 12.5 Å². The van der Waals surface area contributed by atoms with E-state index < -0.39 is 0 Å². The number of hydrogen-bond acceptors (Lipinski definition) is 2. The number of para-hydroxylation sites is 1. The fourth-order valence-corrected chi connectivity index (χ4v) is 3.43. The molecule has 1 aliphatic rings. The molecule has 0 aromatic heterocycles. The summed E-state index contributed by atoms with van der Waals surface area (Å²) in [6, 6.07) is 18.3. The van der Waals surface area contributed by atoms with Crippen LogP contribution in [0.3, 0.4) is 0 Å². The highest BCUT2D eigenvalue weighted by molar-refractivity contribution is 5.90. The Morgan fingerprint density at radius 1 is 1.16 bits per heavy atom. The zero-order chi connectivity index (χ0) is 17.5. The predicted molar refractivity (Wildman–Crippen MR) is 101 cm³/mol. The average Bonchev–Trinajstić information content (AvgIpc) is 2.65. The van der Waals surface area contributed by atoms with E-state index in [0.717, 1.165) is 43.6 Å². The number of ether oxygens (including phenoxy) is 1. The van der Waals surface area contributed by atoms with Crippen molar-refractivity contribution < 1.29 is 9.53 Å². The third-order valence-corrected chi connectivity index (χ3v) is 4.70. The molecule has 1 heterocycles. The Hall–Kier alpha value is -2.33. The number of amides is 2. The summed E-state index contributed by atoms with van der Waals surface area (Å²) in [5.74, 6) is 0.434. The van der Waals surface area contributed by atoms with Crippen LogP contribution in [0.1, 0.15) is 24.0 Å². The maximum absolute atomic E-state index is 12.7. The lowest BCUT2D eigenvalue weighted by Crippen LogP contribution is -2.43. The van der Waals surface area contributed by atoms with E-state index in [9.17, 15) is 4.79 Å². The lowest BCUT2D eigenvalue weighted by molar-refractivity contribution is 0.104. The molecule has 0 radical (unpaired) electrons. The summed E-state index contributed by atoms with van der Waals surface area (Å²) in [6.45, 7) is 2.29. The van der Waals surface area contributed by atoms with Crippen molar-refractivity contribution in [3.05, 3.63) is 65.7 Å². The summed E-state index contributed by atoms with van der Waals surface area (Å²) in [5, 5.41) is 3.11. The van der Waals surface area contributed by atoms with Crippen LogP contribution in [0.5, 0.6) is 0 Å². The molecule has 1 unspecified atom stereocenters. The van der Waals surface area contributed by atoms with Crippen molar-refractivity contribution in [2.45, 2.75) is 19.3 Å². The van der Waals surface area contributed by atoms with Gasteiger partial charge < -0.3 is 15.0 Å². The van der Waals surface area contributed by atoms with Crippen LogP contribution in [0, 0.1) is 5.92 Å². The van der Waals surface area contributed by atoms with Gasteiger partial charge in [0.2, 0.25) is 0 Å². The first-order chi connectivity index (χ1) is 12.3. The van der Waals surface area contributed by atoms with E-state index in [1.807, 2.05) is 41.3 Å².